The van der Waals surface area contributed by atoms with Crippen molar-refractivity contribution in [3.05, 3.63) is 60.2 Å². The fourth-order valence-electron chi connectivity index (χ4n) is 2.70. The quantitative estimate of drug-likeness (QED) is 0.876. The number of rotatable bonds is 3. The molecule has 1 atom stereocenters. The molecule has 0 aliphatic carbocycles. The highest BCUT2D eigenvalue weighted by Crippen LogP contribution is 2.38. The van der Waals surface area contributed by atoms with Crippen LogP contribution in [0.15, 0.2) is 54.6 Å². The minimum Gasteiger partial charge on any atom is -0.497 e. The summed E-state index contributed by atoms with van der Waals surface area (Å²) in [5.41, 5.74) is 1.54. The van der Waals surface area contributed by atoms with Crippen molar-refractivity contribution in [1.82, 2.24) is 0 Å². The second-order valence-electron chi connectivity index (χ2n) is 5.00. The van der Waals surface area contributed by atoms with Gasteiger partial charge in [-0.25, -0.2) is 8.42 Å². The van der Waals surface area contributed by atoms with Crippen LogP contribution in [-0.4, -0.2) is 22.1 Å². The van der Waals surface area contributed by atoms with Crippen LogP contribution in [0, 0.1) is 0 Å². The van der Waals surface area contributed by atoms with Crippen molar-refractivity contribution in [2.45, 2.75) is 11.7 Å². The first-order valence-corrected chi connectivity index (χ1v) is 8.34. The lowest BCUT2D eigenvalue weighted by Crippen LogP contribution is -2.26. The SMILES string of the molecule is COc1ccc(N2CCC(c3ccccc3)S2(=O)=O)cc1. The highest BCUT2D eigenvalue weighted by atomic mass is 32.2. The molecule has 1 heterocycles. The molecule has 21 heavy (non-hydrogen) atoms. The largest absolute Gasteiger partial charge is 0.497 e. The molecule has 4 nitrogen and oxygen atoms in total. The van der Waals surface area contributed by atoms with Crippen LogP contribution < -0.4 is 9.04 Å². The third-order valence-corrected chi connectivity index (χ3v) is 6.03. The van der Waals surface area contributed by atoms with Crippen molar-refractivity contribution >= 4 is 15.7 Å². The van der Waals surface area contributed by atoms with E-state index in [1.807, 2.05) is 30.3 Å². The minimum absolute atomic E-state index is 0.458. The first-order valence-electron chi connectivity index (χ1n) is 6.83. The molecular formula is C16H17NO3S. The highest BCUT2D eigenvalue weighted by Gasteiger charge is 2.39. The van der Waals surface area contributed by atoms with Crippen LogP contribution in [0.1, 0.15) is 17.2 Å². The van der Waals surface area contributed by atoms with Crippen molar-refractivity contribution in [1.29, 1.82) is 0 Å². The molecular weight excluding hydrogens is 286 g/mol. The predicted octanol–water partition coefficient (Wildman–Crippen LogP) is 2.98. The molecule has 1 fully saturated rings. The Morgan fingerprint density at radius 2 is 1.71 bits per heavy atom. The molecule has 0 saturated carbocycles. The first kappa shape index (κ1) is 13.9. The van der Waals surface area contributed by atoms with Gasteiger partial charge in [-0.15, -0.1) is 0 Å². The summed E-state index contributed by atoms with van der Waals surface area (Å²) in [4.78, 5) is 0. The highest BCUT2D eigenvalue weighted by molar-refractivity contribution is 7.93. The second kappa shape index (κ2) is 5.41. The Bertz CT molecular complexity index is 711. The van der Waals surface area contributed by atoms with Crippen molar-refractivity contribution in [2.24, 2.45) is 0 Å². The lowest BCUT2D eigenvalue weighted by molar-refractivity contribution is 0.415. The summed E-state index contributed by atoms with van der Waals surface area (Å²) in [6.07, 6.45) is 0.609. The standard InChI is InChI=1S/C16H17NO3S/c1-20-15-9-7-14(8-10-15)17-12-11-16(21(17,18)19)13-5-3-2-4-6-13/h2-10,16H,11-12H2,1H3. The van der Waals surface area contributed by atoms with Gasteiger partial charge < -0.3 is 4.74 Å². The van der Waals surface area contributed by atoms with Gasteiger partial charge in [-0.1, -0.05) is 30.3 Å². The van der Waals surface area contributed by atoms with E-state index in [1.165, 1.54) is 4.31 Å². The minimum atomic E-state index is -3.36. The lowest BCUT2D eigenvalue weighted by Gasteiger charge is -2.19. The molecule has 0 spiro atoms. The number of methoxy groups -OCH3 is 1. The van der Waals surface area contributed by atoms with E-state index in [1.54, 1.807) is 31.4 Å². The van der Waals surface area contributed by atoms with Crippen LogP contribution in [0.2, 0.25) is 0 Å². The third-order valence-electron chi connectivity index (χ3n) is 3.79. The summed E-state index contributed by atoms with van der Waals surface area (Å²) < 4.78 is 32.1. The molecule has 2 aromatic carbocycles. The van der Waals surface area contributed by atoms with Crippen LogP contribution in [0.4, 0.5) is 5.69 Å². The van der Waals surface area contributed by atoms with Crippen LogP contribution in [0.5, 0.6) is 5.75 Å². The van der Waals surface area contributed by atoms with Crippen molar-refractivity contribution in [3.8, 4) is 5.75 Å². The van der Waals surface area contributed by atoms with E-state index in [0.29, 0.717) is 18.7 Å². The van der Waals surface area contributed by atoms with Crippen LogP contribution in [0.25, 0.3) is 0 Å². The van der Waals surface area contributed by atoms with Gasteiger partial charge in [0.05, 0.1) is 12.8 Å². The maximum absolute atomic E-state index is 12.7. The maximum Gasteiger partial charge on any atom is 0.242 e. The summed E-state index contributed by atoms with van der Waals surface area (Å²) in [5.74, 6) is 0.718. The maximum atomic E-state index is 12.7. The average molecular weight is 303 g/mol. The zero-order valence-corrected chi connectivity index (χ0v) is 12.6. The summed E-state index contributed by atoms with van der Waals surface area (Å²) in [6, 6.07) is 16.5. The lowest BCUT2D eigenvalue weighted by atomic mass is 10.1. The van der Waals surface area contributed by atoms with Gasteiger partial charge in [-0.2, -0.15) is 0 Å². The Morgan fingerprint density at radius 3 is 2.33 bits per heavy atom. The van der Waals surface area contributed by atoms with E-state index < -0.39 is 15.3 Å². The normalized spacial score (nSPS) is 20.4. The Kier molecular flexibility index (Phi) is 3.59. The molecule has 0 aromatic heterocycles. The van der Waals surface area contributed by atoms with Gasteiger partial charge in [-0.05, 0) is 36.2 Å². The number of ether oxygens (including phenoxy) is 1. The molecule has 0 N–H and O–H groups in total. The molecule has 5 heteroatoms. The Morgan fingerprint density at radius 1 is 1.05 bits per heavy atom. The van der Waals surface area contributed by atoms with Gasteiger partial charge in [0.1, 0.15) is 11.0 Å². The molecule has 2 aromatic rings. The molecule has 1 aliphatic heterocycles. The van der Waals surface area contributed by atoms with Gasteiger partial charge in [0.25, 0.3) is 0 Å². The second-order valence-corrected chi connectivity index (χ2v) is 7.04. The summed E-state index contributed by atoms with van der Waals surface area (Å²) in [5, 5.41) is -0.458. The monoisotopic (exact) mass is 303 g/mol. The van der Waals surface area contributed by atoms with Gasteiger partial charge in [0.15, 0.2) is 0 Å². The van der Waals surface area contributed by atoms with E-state index >= 15 is 0 Å². The Balaban J connectivity index is 1.92. The molecule has 0 radical (unpaired) electrons. The predicted molar refractivity (Wildman–Crippen MR) is 83.1 cm³/mol. The van der Waals surface area contributed by atoms with E-state index in [4.69, 9.17) is 4.74 Å². The Hall–Kier alpha value is -2.01. The summed E-state index contributed by atoms with van der Waals surface area (Å²) in [7, 11) is -1.77. The first-order chi connectivity index (χ1) is 10.1. The summed E-state index contributed by atoms with van der Waals surface area (Å²) >= 11 is 0. The smallest absolute Gasteiger partial charge is 0.242 e. The van der Waals surface area contributed by atoms with E-state index in [2.05, 4.69) is 0 Å². The number of sulfonamides is 1. The Labute approximate surface area is 125 Å². The fraction of sp³-hybridized carbons (Fsp3) is 0.250. The van der Waals surface area contributed by atoms with E-state index in [0.717, 1.165) is 11.3 Å². The number of hydrogen-bond acceptors (Lipinski definition) is 3. The van der Waals surface area contributed by atoms with Crippen molar-refractivity contribution in [3.63, 3.8) is 0 Å². The van der Waals surface area contributed by atoms with Crippen molar-refractivity contribution < 1.29 is 13.2 Å². The van der Waals surface area contributed by atoms with Crippen molar-refractivity contribution in [2.75, 3.05) is 18.0 Å². The number of anilines is 1. The fourth-order valence-corrected chi connectivity index (χ4v) is 4.68. The molecule has 3 rings (SSSR count). The number of hydrogen-bond donors (Lipinski definition) is 0. The van der Waals surface area contributed by atoms with E-state index in [9.17, 15) is 8.42 Å². The molecule has 110 valence electrons. The van der Waals surface area contributed by atoms with Gasteiger partial charge in [-0.3, -0.25) is 4.31 Å². The van der Waals surface area contributed by atoms with Crippen LogP contribution >= 0.6 is 0 Å². The van der Waals surface area contributed by atoms with Gasteiger partial charge >= 0.3 is 0 Å². The molecule has 0 bridgehead atoms. The molecule has 0 amide bonds. The van der Waals surface area contributed by atoms with Gasteiger partial charge in [0, 0.05) is 6.54 Å². The van der Waals surface area contributed by atoms with Crippen LogP contribution in [-0.2, 0) is 10.0 Å². The average Bonchev–Trinajstić information content (AvgIpc) is 2.83. The van der Waals surface area contributed by atoms with Gasteiger partial charge in [0.2, 0.25) is 10.0 Å². The van der Waals surface area contributed by atoms with Crippen LogP contribution in [0.3, 0.4) is 0 Å². The molecule has 1 unspecified atom stereocenters. The number of benzene rings is 2. The zero-order chi connectivity index (χ0) is 14.9. The molecule has 1 saturated heterocycles. The van der Waals surface area contributed by atoms with E-state index in [-0.39, 0.29) is 0 Å². The zero-order valence-electron chi connectivity index (χ0n) is 11.8. The summed E-state index contributed by atoms with van der Waals surface area (Å²) in [6.45, 7) is 0.508. The topological polar surface area (TPSA) is 46.6 Å². The molecule has 1 aliphatic rings. The third kappa shape index (κ3) is 2.49. The number of nitrogens with zero attached hydrogens (tertiary/aromatic N) is 1.